The van der Waals surface area contributed by atoms with Crippen molar-refractivity contribution in [2.24, 2.45) is 5.41 Å². The Labute approximate surface area is 120 Å². The zero-order valence-corrected chi connectivity index (χ0v) is 12.6. The minimum atomic E-state index is -0.680. The number of rotatable bonds is 1. The second-order valence-corrected chi connectivity index (χ2v) is 7.09. The van der Waals surface area contributed by atoms with Crippen molar-refractivity contribution in [3.63, 3.8) is 0 Å². The van der Waals surface area contributed by atoms with Gasteiger partial charge in [0.15, 0.2) is 0 Å². The Balaban J connectivity index is 2.03. The van der Waals surface area contributed by atoms with E-state index in [0.717, 1.165) is 41.4 Å². The molecule has 1 heterocycles. The van der Waals surface area contributed by atoms with Gasteiger partial charge in [0.2, 0.25) is 0 Å². The molecule has 1 aromatic carbocycles. The fourth-order valence-corrected chi connectivity index (χ4v) is 3.59. The van der Waals surface area contributed by atoms with Gasteiger partial charge in [-0.15, -0.1) is 0 Å². The standard InChI is InChI=1S/C18H23NO/c1-13-5-6-14-11-15(7-8-16(14)19-13)18(20)10-4-9-17(2,3)12-18/h5-8,11,20H,4,9-10,12H2,1-3H3. The highest BCUT2D eigenvalue weighted by Gasteiger charge is 2.39. The van der Waals surface area contributed by atoms with Gasteiger partial charge in [-0.1, -0.05) is 26.0 Å². The topological polar surface area (TPSA) is 33.1 Å². The van der Waals surface area contributed by atoms with Crippen LogP contribution in [0.2, 0.25) is 0 Å². The third-order valence-corrected chi connectivity index (χ3v) is 4.58. The number of aryl methyl sites for hydroxylation is 1. The van der Waals surface area contributed by atoms with Crippen LogP contribution in [0.3, 0.4) is 0 Å². The monoisotopic (exact) mass is 269 g/mol. The summed E-state index contributed by atoms with van der Waals surface area (Å²) in [5, 5.41) is 12.2. The molecule has 1 aromatic heterocycles. The van der Waals surface area contributed by atoms with Crippen molar-refractivity contribution >= 4 is 10.9 Å². The van der Waals surface area contributed by atoms with Gasteiger partial charge in [-0.05, 0) is 61.8 Å². The van der Waals surface area contributed by atoms with Crippen molar-refractivity contribution in [1.29, 1.82) is 0 Å². The van der Waals surface area contributed by atoms with Crippen LogP contribution in [-0.4, -0.2) is 10.1 Å². The number of aromatic nitrogens is 1. The van der Waals surface area contributed by atoms with Gasteiger partial charge in [-0.3, -0.25) is 4.98 Å². The van der Waals surface area contributed by atoms with Crippen molar-refractivity contribution in [2.45, 2.75) is 52.1 Å². The minimum absolute atomic E-state index is 0.216. The minimum Gasteiger partial charge on any atom is -0.385 e. The van der Waals surface area contributed by atoms with Crippen LogP contribution in [0.1, 0.15) is 50.8 Å². The lowest BCUT2D eigenvalue weighted by atomic mass is 9.67. The molecule has 2 nitrogen and oxygen atoms in total. The van der Waals surface area contributed by atoms with E-state index in [-0.39, 0.29) is 5.41 Å². The largest absolute Gasteiger partial charge is 0.385 e. The normalized spacial score (nSPS) is 25.8. The van der Waals surface area contributed by atoms with E-state index in [2.05, 4.69) is 37.0 Å². The summed E-state index contributed by atoms with van der Waals surface area (Å²) in [4.78, 5) is 4.53. The van der Waals surface area contributed by atoms with Crippen LogP contribution >= 0.6 is 0 Å². The first-order chi connectivity index (χ1) is 9.38. The predicted molar refractivity (Wildman–Crippen MR) is 82.6 cm³/mol. The summed E-state index contributed by atoms with van der Waals surface area (Å²) in [7, 11) is 0. The Morgan fingerprint density at radius 1 is 1.10 bits per heavy atom. The second kappa shape index (κ2) is 4.56. The number of nitrogens with zero attached hydrogens (tertiary/aromatic N) is 1. The molecular formula is C18H23NO. The first kappa shape index (κ1) is 13.6. The van der Waals surface area contributed by atoms with Crippen LogP contribution in [0.5, 0.6) is 0 Å². The number of fused-ring (bicyclic) bond motifs is 1. The number of hydrogen-bond donors (Lipinski definition) is 1. The van der Waals surface area contributed by atoms with E-state index in [1.165, 1.54) is 6.42 Å². The van der Waals surface area contributed by atoms with E-state index in [1.807, 2.05) is 19.1 Å². The van der Waals surface area contributed by atoms with Gasteiger partial charge in [-0.25, -0.2) is 0 Å². The second-order valence-electron chi connectivity index (χ2n) is 7.09. The van der Waals surface area contributed by atoms with E-state index < -0.39 is 5.60 Å². The molecule has 1 unspecified atom stereocenters. The highest BCUT2D eigenvalue weighted by atomic mass is 16.3. The van der Waals surface area contributed by atoms with E-state index in [9.17, 15) is 5.11 Å². The van der Waals surface area contributed by atoms with E-state index in [4.69, 9.17) is 0 Å². The summed E-state index contributed by atoms with van der Waals surface area (Å²) in [6, 6.07) is 10.3. The lowest BCUT2D eigenvalue weighted by Crippen LogP contribution is -2.36. The molecule has 0 amide bonds. The first-order valence-electron chi connectivity index (χ1n) is 7.48. The molecule has 0 aliphatic heterocycles. The van der Waals surface area contributed by atoms with Crippen molar-refractivity contribution < 1.29 is 5.11 Å². The van der Waals surface area contributed by atoms with Crippen molar-refractivity contribution in [2.75, 3.05) is 0 Å². The molecule has 2 heteroatoms. The van der Waals surface area contributed by atoms with Gasteiger partial charge in [0.05, 0.1) is 11.1 Å². The number of pyridine rings is 1. The summed E-state index contributed by atoms with van der Waals surface area (Å²) in [5.41, 5.74) is 2.62. The molecule has 3 rings (SSSR count). The zero-order chi connectivity index (χ0) is 14.4. The molecule has 20 heavy (non-hydrogen) atoms. The van der Waals surface area contributed by atoms with Gasteiger partial charge in [-0.2, -0.15) is 0 Å². The third-order valence-electron chi connectivity index (χ3n) is 4.58. The van der Waals surface area contributed by atoms with Crippen LogP contribution in [-0.2, 0) is 5.60 Å². The molecule has 1 saturated carbocycles. The SMILES string of the molecule is Cc1ccc2cc(C3(O)CCCC(C)(C)C3)ccc2n1. The average molecular weight is 269 g/mol. The molecule has 0 spiro atoms. The Morgan fingerprint density at radius 3 is 2.65 bits per heavy atom. The van der Waals surface area contributed by atoms with Gasteiger partial charge in [0.25, 0.3) is 0 Å². The molecule has 0 bridgehead atoms. The first-order valence-corrected chi connectivity index (χ1v) is 7.48. The van der Waals surface area contributed by atoms with Crippen LogP contribution in [0, 0.1) is 12.3 Å². The molecule has 1 fully saturated rings. The molecule has 1 aliphatic rings. The predicted octanol–water partition coefficient (Wildman–Crippen LogP) is 4.33. The fourth-order valence-electron chi connectivity index (χ4n) is 3.59. The van der Waals surface area contributed by atoms with Gasteiger partial charge in [0, 0.05) is 11.1 Å². The van der Waals surface area contributed by atoms with Gasteiger partial charge >= 0.3 is 0 Å². The summed E-state index contributed by atoms with van der Waals surface area (Å²) in [6.07, 6.45) is 3.99. The molecule has 106 valence electrons. The highest BCUT2D eigenvalue weighted by molar-refractivity contribution is 5.79. The maximum atomic E-state index is 11.1. The van der Waals surface area contributed by atoms with Crippen molar-refractivity contribution in [3.8, 4) is 0 Å². The van der Waals surface area contributed by atoms with Crippen LogP contribution < -0.4 is 0 Å². The molecule has 1 aliphatic carbocycles. The lowest BCUT2D eigenvalue weighted by molar-refractivity contribution is -0.0439. The van der Waals surface area contributed by atoms with Crippen LogP contribution in [0.25, 0.3) is 10.9 Å². The molecule has 1 atom stereocenters. The van der Waals surface area contributed by atoms with Gasteiger partial charge < -0.3 is 5.11 Å². The molecule has 2 aromatic rings. The number of benzene rings is 1. The number of aliphatic hydroxyl groups is 1. The lowest BCUT2D eigenvalue weighted by Gasteiger charge is -2.42. The Hall–Kier alpha value is -1.41. The van der Waals surface area contributed by atoms with Crippen molar-refractivity contribution in [1.82, 2.24) is 4.98 Å². The van der Waals surface area contributed by atoms with Crippen LogP contribution in [0.15, 0.2) is 30.3 Å². The Kier molecular flexibility index (Phi) is 3.09. The summed E-state index contributed by atoms with van der Waals surface area (Å²) in [5.74, 6) is 0. The van der Waals surface area contributed by atoms with Crippen molar-refractivity contribution in [3.05, 3.63) is 41.6 Å². The fraction of sp³-hybridized carbons (Fsp3) is 0.500. The quantitative estimate of drug-likeness (QED) is 0.835. The summed E-state index contributed by atoms with van der Waals surface area (Å²) >= 11 is 0. The molecule has 1 N–H and O–H groups in total. The summed E-state index contributed by atoms with van der Waals surface area (Å²) in [6.45, 7) is 6.51. The average Bonchev–Trinajstić information content (AvgIpc) is 2.36. The Morgan fingerprint density at radius 2 is 1.90 bits per heavy atom. The smallest absolute Gasteiger partial charge is 0.0901 e. The summed E-state index contributed by atoms with van der Waals surface area (Å²) < 4.78 is 0. The molecule has 0 radical (unpaired) electrons. The maximum absolute atomic E-state index is 11.1. The zero-order valence-electron chi connectivity index (χ0n) is 12.6. The van der Waals surface area contributed by atoms with E-state index in [0.29, 0.717) is 0 Å². The molecular weight excluding hydrogens is 246 g/mol. The molecule has 0 saturated heterocycles. The Bertz CT molecular complexity index is 647. The third kappa shape index (κ3) is 2.45. The van der Waals surface area contributed by atoms with Crippen LogP contribution in [0.4, 0.5) is 0 Å². The van der Waals surface area contributed by atoms with Gasteiger partial charge in [0.1, 0.15) is 0 Å². The number of hydrogen-bond acceptors (Lipinski definition) is 2. The van der Waals surface area contributed by atoms with E-state index >= 15 is 0 Å². The maximum Gasteiger partial charge on any atom is 0.0901 e. The highest BCUT2D eigenvalue weighted by Crippen LogP contribution is 2.46. The van der Waals surface area contributed by atoms with E-state index in [1.54, 1.807) is 0 Å².